The van der Waals surface area contributed by atoms with Gasteiger partial charge in [-0.25, -0.2) is 4.98 Å². The Kier molecular flexibility index (Phi) is 7.51. The number of carbonyl (C=O) groups is 4. The van der Waals surface area contributed by atoms with Gasteiger partial charge < -0.3 is 20.5 Å². The van der Waals surface area contributed by atoms with Gasteiger partial charge in [-0.1, -0.05) is 26.7 Å². The molecule has 1 aliphatic heterocycles. The van der Waals surface area contributed by atoms with Gasteiger partial charge in [-0.3, -0.25) is 19.2 Å². The lowest BCUT2D eigenvalue weighted by molar-refractivity contribution is -0.128. The van der Waals surface area contributed by atoms with Gasteiger partial charge in [0.2, 0.25) is 11.8 Å². The highest BCUT2D eigenvalue weighted by Gasteiger charge is 2.40. The lowest BCUT2D eigenvalue weighted by atomic mass is 9.81. The lowest BCUT2D eigenvalue weighted by Crippen LogP contribution is -2.54. The van der Waals surface area contributed by atoms with E-state index in [0.29, 0.717) is 12.8 Å². The van der Waals surface area contributed by atoms with Gasteiger partial charge in [0, 0.05) is 0 Å². The van der Waals surface area contributed by atoms with Crippen molar-refractivity contribution in [3.8, 4) is 5.88 Å². The number of ketones is 2. The van der Waals surface area contributed by atoms with E-state index in [4.69, 9.17) is 4.74 Å². The second kappa shape index (κ2) is 9.99. The smallest absolute Gasteiger partial charge is 0.253 e. The van der Waals surface area contributed by atoms with Crippen molar-refractivity contribution in [2.24, 2.45) is 5.41 Å². The monoisotopic (exact) mass is 459 g/mol. The Balaban J connectivity index is 1.84. The number of aryl methyl sites for hydroxylation is 1. The average Bonchev–Trinajstić information content (AvgIpc) is 3.32. The molecule has 2 aliphatic rings. The highest BCUT2D eigenvalue weighted by Crippen LogP contribution is 2.41. The first-order valence-electron chi connectivity index (χ1n) is 11.5. The predicted molar refractivity (Wildman–Crippen MR) is 120 cm³/mol. The van der Waals surface area contributed by atoms with E-state index in [9.17, 15) is 24.3 Å². The van der Waals surface area contributed by atoms with Crippen LogP contribution in [-0.2, 0) is 14.3 Å². The molecule has 1 aromatic rings. The number of ether oxygens (including phenoxy) is 1. The third-order valence-corrected chi connectivity index (χ3v) is 6.80. The predicted octanol–water partition coefficient (Wildman–Crippen LogP) is 2.23. The van der Waals surface area contributed by atoms with Crippen LogP contribution < -0.4 is 10.6 Å². The van der Waals surface area contributed by atoms with E-state index >= 15 is 0 Å². The Morgan fingerprint density at radius 3 is 2.55 bits per heavy atom. The zero-order valence-electron chi connectivity index (χ0n) is 19.7. The molecule has 3 N–H and O–H groups in total. The number of pyridine rings is 1. The van der Waals surface area contributed by atoms with E-state index in [2.05, 4.69) is 22.5 Å². The summed E-state index contributed by atoms with van der Waals surface area (Å²) in [4.78, 5) is 54.4. The molecule has 3 atom stereocenters. The average molecular weight is 460 g/mol. The Bertz CT molecular complexity index is 954. The summed E-state index contributed by atoms with van der Waals surface area (Å²) in [7, 11) is 0. The SMILES string of the molecule is CC[C@@H]1OCC(=O)[C@H]1NC(=O)[C@H](CC1(C)CCCC1)NC(=O)c1cc(C(C)=O)c(O)nc1C. The van der Waals surface area contributed by atoms with Gasteiger partial charge in [-0.05, 0) is 51.0 Å². The fraction of sp³-hybridized carbons (Fsp3) is 0.625. The summed E-state index contributed by atoms with van der Waals surface area (Å²) >= 11 is 0. The van der Waals surface area contributed by atoms with Crippen molar-refractivity contribution < 1.29 is 29.0 Å². The number of hydrogen-bond donors (Lipinski definition) is 3. The molecule has 180 valence electrons. The zero-order chi connectivity index (χ0) is 24.3. The van der Waals surface area contributed by atoms with Crippen LogP contribution in [-0.4, -0.2) is 58.3 Å². The van der Waals surface area contributed by atoms with E-state index < -0.39 is 35.6 Å². The molecule has 2 amide bonds. The van der Waals surface area contributed by atoms with Gasteiger partial charge in [-0.15, -0.1) is 0 Å². The Morgan fingerprint density at radius 1 is 1.27 bits per heavy atom. The first-order valence-corrected chi connectivity index (χ1v) is 11.5. The van der Waals surface area contributed by atoms with E-state index in [0.717, 1.165) is 25.7 Å². The van der Waals surface area contributed by atoms with Crippen molar-refractivity contribution in [2.75, 3.05) is 6.61 Å². The van der Waals surface area contributed by atoms with Crippen LogP contribution in [0, 0.1) is 12.3 Å². The van der Waals surface area contributed by atoms with Crippen molar-refractivity contribution >= 4 is 23.4 Å². The Labute approximate surface area is 193 Å². The van der Waals surface area contributed by atoms with Gasteiger partial charge in [0.1, 0.15) is 18.7 Å². The molecular formula is C24H33N3O6. The number of hydrogen-bond acceptors (Lipinski definition) is 7. The highest BCUT2D eigenvalue weighted by atomic mass is 16.5. The molecule has 2 heterocycles. The van der Waals surface area contributed by atoms with Crippen LogP contribution in [0.4, 0.5) is 0 Å². The Morgan fingerprint density at radius 2 is 1.94 bits per heavy atom. The van der Waals surface area contributed by atoms with Gasteiger partial charge in [-0.2, -0.15) is 0 Å². The summed E-state index contributed by atoms with van der Waals surface area (Å²) in [6.07, 6.45) is 4.64. The van der Waals surface area contributed by atoms with Gasteiger partial charge in [0.05, 0.1) is 22.9 Å². The van der Waals surface area contributed by atoms with Gasteiger partial charge in [0.15, 0.2) is 11.6 Å². The summed E-state index contributed by atoms with van der Waals surface area (Å²) in [6.45, 7) is 6.77. The summed E-state index contributed by atoms with van der Waals surface area (Å²) in [6, 6.07) is -0.316. The lowest BCUT2D eigenvalue weighted by Gasteiger charge is -2.30. The summed E-state index contributed by atoms with van der Waals surface area (Å²) in [5.41, 5.74) is 0.183. The Hall–Kier alpha value is -2.81. The van der Waals surface area contributed by atoms with E-state index in [1.165, 1.54) is 13.0 Å². The molecule has 1 saturated carbocycles. The van der Waals surface area contributed by atoms with Gasteiger partial charge >= 0.3 is 0 Å². The van der Waals surface area contributed by atoms with Crippen LogP contribution >= 0.6 is 0 Å². The van der Waals surface area contributed by atoms with Crippen LogP contribution in [0.25, 0.3) is 0 Å². The number of aromatic nitrogens is 1. The molecular weight excluding hydrogens is 426 g/mol. The van der Waals surface area contributed by atoms with Crippen molar-refractivity contribution in [3.63, 3.8) is 0 Å². The number of amides is 2. The molecule has 1 aliphatic carbocycles. The number of Topliss-reactive ketones (excluding diaryl/α,β-unsaturated/α-hetero) is 2. The number of carbonyl (C=O) groups excluding carboxylic acids is 4. The molecule has 0 aromatic carbocycles. The molecule has 1 aromatic heterocycles. The topological polar surface area (TPSA) is 135 Å². The number of nitrogens with zero attached hydrogens (tertiary/aromatic N) is 1. The third kappa shape index (κ3) is 5.58. The van der Waals surface area contributed by atoms with Crippen molar-refractivity contribution in [3.05, 3.63) is 22.9 Å². The number of rotatable bonds is 8. The fourth-order valence-electron chi connectivity index (χ4n) is 4.82. The van der Waals surface area contributed by atoms with Crippen LogP contribution in [0.1, 0.15) is 85.7 Å². The minimum Gasteiger partial charge on any atom is -0.493 e. The molecule has 1 saturated heterocycles. The molecule has 9 heteroatoms. The third-order valence-electron chi connectivity index (χ3n) is 6.80. The van der Waals surface area contributed by atoms with Crippen molar-refractivity contribution in [2.45, 2.75) is 84.4 Å². The van der Waals surface area contributed by atoms with E-state index in [-0.39, 0.29) is 40.7 Å². The van der Waals surface area contributed by atoms with Crippen LogP contribution in [0.3, 0.4) is 0 Å². The van der Waals surface area contributed by atoms with Crippen LogP contribution in [0.15, 0.2) is 6.07 Å². The molecule has 33 heavy (non-hydrogen) atoms. The maximum absolute atomic E-state index is 13.3. The zero-order valence-corrected chi connectivity index (χ0v) is 19.7. The summed E-state index contributed by atoms with van der Waals surface area (Å²) in [5.74, 6) is -2.04. The highest BCUT2D eigenvalue weighted by molar-refractivity contribution is 6.03. The van der Waals surface area contributed by atoms with Crippen molar-refractivity contribution in [1.82, 2.24) is 15.6 Å². The normalized spacial score (nSPS) is 22.7. The minimum absolute atomic E-state index is 0.0373. The first kappa shape index (κ1) is 24.8. The maximum atomic E-state index is 13.3. The standard InChI is InChI=1S/C24H33N3O6/c1-5-19-20(18(29)12-33-19)27-23(32)17(11-24(4)8-6-7-9-24)26-21(30)15-10-16(14(3)28)22(31)25-13(15)2/h10,17,19-20H,5-9,11-12H2,1-4H3,(H,25,31)(H,26,30)(H,27,32)/t17-,19-,20+/m0/s1. The molecule has 3 rings (SSSR count). The van der Waals surface area contributed by atoms with Crippen molar-refractivity contribution in [1.29, 1.82) is 0 Å². The molecule has 0 spiro atoms. The second-order valence-electron chi connectivity index (χ2n) is 9.51. The second-order valence-corrected chi connectivity index (χ2v) is 9.51. The quantitative estimate of drug-likeness (QED) is 0.507. The van der Waals surface area contributed by atoms with E-state index in [1.54, 1.807) is 6.92 Å². The molecule has 0 radical (unpaired) electrons. The number of aromatic hydroxyl groups is 1. The molecule has 9 nitrogen and oxygen atoms in total. The summed E-state index contributed by atoms with van der Waals surface area (Å²) in [5, 5.41) is 15.5. The van der Waals surface area contributed by atoms with Crippen LogP contribution in [0.2, 0.25) is 0 Å². The molecule has 0 bridgehead atoms. The largest absolute Gasteiger partial charge is 0.493 e. The molecule has 2 fully saturated rings. The van der Waals surface area contributed by atoms with Gasteiger partial charge in [0.25, 0.3) is 5.91 Å². The minimum atomic E-state index is -0.875. The van der Waals surface area contributed by atoms with E-state index in [1.807, 2.05) is 6.92 Å². The maximum Gasteiger partial charge on any atom is 0.253 e. The summed E-state index contributed by atoms with van der Waals surface area (Å²) < 4.78 is 5.46. The first-order chi connectivity index (χ1) is 15.5. The molecule has 0 unspecified atom stereocenters. The number of nitrogens with one attached hydrogen (secondary N) is 2. The fourth-order valence-corrected chi connectivity index (χ4v) is 4.82. The van der Waals surface area contributed by atoms with Crippen LogP contribution in [0.5, 0.6) is 5.88 Å².